The summed E-state index contributed by atoms with van der Waals surface area (Å²) in [4.78, 5) is 14.6. The van der Waals surface area contributed by atoms with Crippen LogP contribution in [0.4, 0.5) is 4.39 Å². The fourth-order valence-corrected chi connectivity index (χ4v) is 4.17. The van der Waals surface area contributed by atoms with E-state index in [1.54, 1.807) is 23.0 Å². The summed E-state index contributed by atoms with van der Waals surface area (Å²) in [6.45, 7) is 3.22. The van der Waals surface area contributed by atoms with Crippen molar-refractivity contribution in [1.29, 1.82) is 0 Å². The quantitative estimate of drug-likeness (QED) is 0.876. The Morgan fingerprint density at radius 2 is 1.93 bits per heavy atom. The highest BCUT2D eigenvalue weighted by molar-refractivity contribution is 5.95. The third-order valence-corrected chi connectivity index (χ3v) is 6.04. The molecule has 1 N–H and O–H groups in total. The number of ether oxygens (including phenoxy) is 1. The van der Waals surface area contributed by atoms with Crippen LogP contribution in [0.15, 0.2) is 30.5 Å². The summed E-state index contributed by atoms with van der Waals surface area (Å²) < 4.78 is 20.9. The topological polar surface area (TPSA) is 67.6 Å². The van der Waals surface area contributed by atoms with Crippen molar-refractivity contribution in [2.45, 2.75) is 37.4 Å². The zero-order valence-corrected chi connectivity index (χ0v) is 15.6. The lowest BCUT2D eigenvalue weighted by Crippen LogP contribution is -2.47. The standard InChI is InChI=1S/C20H24FN3O3/c1-14-17(11-22-23(14)2)18(25)24-9-7-19(8-10-24)12-20(26,13-27-19)15-3-5-16(21)6-4-15/h3-6,11,26H,7-10,12-13H2,1-2H3. The molecular formula is C20H24FN3O3. The number of carbonyl (C=O) groups excluding carboxylic acids is 1. The van der Waals surface area contributed by atoms with E-state index in [1.807, 2.05) is 18.9 Å². The maximum atomic E-state index is 13.2. The molecule has 2 aliphatic heterocycles. The Labute approximate surface area is 157 Å². The second kappa shape index (κ2) is 6.42. The van der Waals surface area contributed by atoms with Crippen LogP contribution < -0.4 is 0 Å². The monoisotopic (exact) mass is 373 g/mol. The van der Waals surface area contributed by atoms with Gasteiger partial charge in [-0.05, 0) is 37.5 Å². The molecule has 1 aromatic heterocycles. The molecule has 0 radical (unpaired) electrons. The molecule has 2 aromatic rings. The highest BCUT2D eigenvalue weighted by Gasteiger charge is 2.51. The molecule has 1 unspecified atom stereocenters. The van der Waals surface area contributed by atoms with E-state index in [4.69, 9.17) is 4.74 Å². The van der Waals surface area contributed by atoms with Crippen molar-refractivity contribution in [3.8, 4) is 0 Å². The minimum atomic E-state index is -1.11. The highest BCUT2D eigenvalue weighted by Crippen LogP contribution is 2.45. The lowest BCUT2D eigenvalue weighted by atomic mass is 9.80. The minimum Gasteiger partial charge on any atom is -0.383 e. The molecule has 6 nitrogen and oxygen atoms in total. The minimum absolute atomic E-state index is 0.0118. The molecule has 0 aliphatic carbocycles. The van der Waals surface area contributed by atoms with Gasteiger partial charge in [-0.2, -0.15) is 5.10 Å². The Bertz CT molecular complexity index is 856. The second-order valence-electron chi connectivity index (χ2n) is 7.75. The lowest BCUT2D eigenvalue weighted by Gasteiger charge is -2.39. The van der Waals surface area contributed by atoms with Crippen molar-refractivity contribution in [2.75, 3.05) is 19.7 Å². The Balaban J connectivity index is 1.44. The molecule has 2 fully saturated rings. The zero-order valence-electron chi connectivity index (χ0n) is 15.6. The smallest absolute Gasteiger partial charge is 0.257 e. The molecule has 4 rings (SSSR count). The molecule has 0 saturated carbocycles. The average Bonchev–Trinajstić information content (AvgIpc) is 3.17. The Hall–Kier alpha value is -2.25. The first kappa shape index (κ1) is 18.1. The maximum Gasteiger partial charge on any atom is 0.257 e. The van der Waals surface area contributed by atoms with Crippen LogP contribution in [0.2, 0.25) is 0 Å². The molecular weight excluding hydrogens is 349 g/mol. The Morgan fingerprint density at radius 3 is 2.52 bits per heavy atom. The zero-order chi connectivity index (χ0) is 19.2. The molecule has 2 saturated heterocycles. The number of amides is 1. The van der Waals surface area contributed by atoms with Gasteiger partial charge in [0.15, 0.2) is 0 Å². The van der Waals surface area contributed by atoms with Crippen molar-refractivity contribution in [2.24, 2.45) is 7.05 Å². The number of likely N-dealkylation sites (tertiary alicyclic amines) is 1. The van der Waals surface area contributed by atoms with Crippen molar-refractivity contribution in [3.63, 3.8) is 0 Å². The van der Waals surface area contributed by atoms with Gasteiger partial charge in [-0.3, -0.25) is 9.48 Å². The van der Waals surface area contributed by atoms with Crippen molar-refractivity contribution in [3.05, 3.63) is 53.1 Å². The predicted octanol–water partition coefficient (Wildman–Crippen LogP) is 2.15. The van der Waals surface area contributed by atoms with E-state index >= 15 is 0 Å². The van der Waals surface area contributed by atoms with Gasteiger partial charge in [0.05, 0.1) is 24.0 Å². The van der Waals surface area contributed by atoms with Gasteiger partial charge in [0.1, 0.15) is 11.4 Å². The predicted molar refractivity (Wildman–Crippen MR) is 96.7 cm³/mol. The Kier molecular flexibility index (Phi) is 4.31. The molecule has 7 heteroatoms. The number of hydrogen-bond acceptors (Lipinski definition) is 4. The third-order valence-electron chi connectivity index (χ3n) is 6.04. The number of halogens is 1. The van der Waals surface area contributed by atoms with E-state index in [9.17, 15) is 14.3 Å². The average molecular weight is 373 g/mol. The van der Waals surface area contributed by atoms with Crippen molar-refractivity contribution in [1.82, 2.24) is 14.7 Å². The molecule has 1 spiro atoms. The highest BCUT2D eigenvalue weighted by atomic mass is 19.1. The number of aromatic nitrogens is 2. The third kappa shape index (κ3) is 3.15. The number of benzene rings is 1. The van der Waals surface area contributed by atoms with Crippen LogP contribution >= 0.6 is 0 Å². The van der Waals surface area contributed by atoms with Gasteiger partial charge in [0.2, 0.25) is 0 Å². The summed E-state index contributed by atoms with van der Waals surface area (Å²) in [5.41, 5.74) is 0.598. The maximum absolute atomic E-state index is 13.2. The first-order valence-electron chi connectivity index (χ1n) is 9.22. The molecule has 1 amide bonds. The fraction of sp³-hybridized carbons (Fsp3) is 0.500. The van der Waals surface area contributed by atoms with E-state index in [0.29, 0.717) is 43.5 Å². The van der Waals surface area contributed by atoms with Gasteiger partial charge in [-0.15, -0.1) is 0 Å². The van der Waals surface area contributed by atoms with Gasteiger partial charge in [0.25, 0.3) is 5.91 Å². The van der Waals surface area contributed by atoms with Crippen LogP contribution in [0.1, 0.15) is 40.9 Å². The summed E-state index contributed by atoms with van der Waals surface area (Å²) in [6, 6.07) is 5.94. The number of hydrogen-bond donors (Lipinski definition) is 1. The van der Waals surface area contributed by atoms with Crippen LogP contribution in [0.5, 0.6) is 0 Å². The number of aliphatic hydroxyl groups is 1. The second-order valence-corrected chi connectivity index (χ2v) is 7.75. The number of nitrogens with zero attached hydrogens (tertiary/aromatic N) is 3. The summed E-state index contributed by atoms with van der Waals surface area (Å²) >= 11 is 0. The molecule has 3 heterocycles. The molecule has 27 heavy (non-hydrogen) atoms. The summed E-state index contributed by atoms with van der Waals surface area (Å²) in [6.07, 6.45) is 3.41. The summed E-state index contributed by atoms with van der Waals surface area (Å²) in [7, 11) is 1.82. The van der Waals surface area contributed by atoms with Gasteiger partial charge < -0.3 is 14.7 Å². The van der Waals surface area contributed by atoms with Gasteiger partial charge in [-0.1, -0.05) is 12.1 Å². The molecule has 1 atom stereocenters. The molecule has 2 aliphatic rings. The van der Waals surface area contributed by atoms with Crippen LogP contribution in [-0.2, 0) is 17.4 Å². The van der Waals surface area contributed by atoms with Crippen molar-refractivity contribution >= 4 is 5.91 Å². The molecule has 1 aromatic carbocycles. The molecule has 144 valence electrons. The van der Waals surface area contributed by atoms with Crippen LogP contribution in [0.3, 0.4) is 0 Å². The Morgan fingerprint density at radius 1 is 1.26 bits per heavy atom. The van der Waals surface area contributed by atoms with Crippen LogP contribution in [0, 0.1) is 12.7 Å². The largest absolute Gasteiger partial charge is 0.383 e. The van der Waals surface area contributed by atoms with E-state index in [-0.39, 0.29) is 18.3 Å². The number of carbonyl (C=O) groups is 1. The van der Waals surface area contributed by atoms with E-state index in [0.717, 1.165) is 5.69 Å². The van der Waals surface area contributed by atoms with Gasteiger partial charge in [-0.25, -0.2) is 4.39 Å². The number of piperidine rings is 1. The lowest BCUT2D eigenvalue weighted by molar-refractivity contribution is -0.0431. The normalized spacial score (nSPS) is 24.5. The SMILES string of the molecule is Cc1c(C(=O)N2CCC3(CC2)CC(O)(c2ccc(F)cc2)CO3)cnn1C. The summed E-state index contributed by atoms with van der Waals surface area (Å²) in [5, 5.41) is 15.2. The fourth-order valence-electron chi connectivity index (χ4n) is 4.17. The van der Waals surface area contributed by atoms with Crippen molar-refractivity contribution < 1.29 is 19.0 Å². The van der Waals surface area contributed by atoms with Crippen LogP contribution in [0.25, 0.3) is 0 Å². The first-order valence-corrected chi connectivity index (χ1v) is 9.22. The van der Waals surface area contributed by atoms with Gasteiger partial charge in [0, 0.05) is 32.3 Å². The van der Waals surface area contributed by atoms with E-state index in [1.165, 1.54) is 12.1 Å². The van der Waals surface area contributed by atoms with Crippen LogP contribution in [-0.4, -0.2) is 51.0 Å². The van der Waals surface area contributed by atoms with E-state index in [2.05, 4.69) is 5.10 Å². The summed E-state index contributed by atoms with van der Waals surface area (Å²) in [5.74, 6) is -0.337. The molecule has 0 bridgehead atoms. The van der Waals surface area contributed by atoms with Gasteiger partial charge >= 0.3 is 0 Å². The number of rotatable bonds is 2. The first-order chi connectivity index (χ1) is 12.8. The number of aryl methyl sites for hydroxylation is 1. The van der Waals surface area contributed by atoms with E-state index < -0.39 is 11.2 Å².